The normalized spacial score (nSPS) is 13.7. The van der Waals surface area contributed by atoms with Crippen LogP contribution >= 0.6 is 23.5 Å². The number of rotatable bonds is 29. The Hall–Kier alpha value is -6.97. The van der Waals surface area contributed by atoms with Crippen LogP contribution in [0.25, 0.3) is 0 Å². The number of nitrogens with one attached hydrogen (secondary N) is 3. The number of carbonyl (C=O) groups excluding carboxylic acids is 5. The maximum absolute atomic E-state index is 14.7. The predicted octanol–water partition coefficient (Wildman–Crippen LogP) is 12.2. The number of thioether (sulfide) groups is 2. The van der Waals surface area contributed by atoms with E-state index in [1.807, 2.05) is 129 Å². The van der Waals surface area contributed by atoms with E-state index >= 15 is 0 Å². The van der Waals surface area contributed by atoms with E-state index in [4.69, 9.17) is 15.2 Å². The van der Waals surface area contributed by atoms with E-state index < -0.39 is 77.4 Å². The van der Waals surface area contributed by atoms with Gasteiger partial charge in [0, 0.05) is 13.8 Å². The number of amides is 3. The summed E-state index contributed by atoms with van der Waals surface area (Å²) in [5.41, 5.74) is 12.5. The van der Waals surface area contributed by atoms with E-state index in [0.29, 0.717) is 12.2 Å². The zero-order chi connectivity index (χ0) is 58.4. The summed E-state index contributed by atoms with van der Waals surface area (Å²) in [5.74, 6) is -3.19. The van der Waals surface area contributed by atoms with E-state index in [9.17, 15) is 24.0 Å². The van der Waals surface area contributed by atoms with Crippen LogP contribution in [-0.2, 0) is 42.9 Å². The first-order valence-electron chi connectivity index (χ1n) is 27.9. The molecule has 6 aromatic carbocycles. The molecule has 0 saturated carbocycles. The summed E-state index contributed by atoms with van der Waals surface area (Å²) in [6.07, 6.45) is 4.41. The molecule has 426 valence electrons. The first kappa shape index (κ1) is 63.2. The Morgan fingerprint density at radius 2 is 1.01 bits per heavy atom. The van der Waals surface area contributed by atoms with Gasteiger partial charge < -0.3 is 31.2 Å². The van der Waals surface area contributed by atoms with Gasteiger partial charge in [-0.25, -0.2) is 4.79 Å². The molecule has 6 aromatic rings. The minimum Gasteiger partial charge on any atom is -0.466 e. The van der Waals surface area contributed by atoms with E-state index in [1.165, 1.54) is 17.8 Å². The Morgan fingerprint density at radius 3 is 1.40 bits per heavy atom. The quantitative estimate of drug-likeness (QED) is 0.00887. The molecule has 11 nitrogen and oxygen atoms in total. The molecule has 81 heavy (non-hydrogen) atoms. The van der Waals surface area contributed by atoms with E-state index in [2.05, 4.69) is 108 Å². The van der Waals surface area contributed by atoms with Crippen molar-refractivity contribution in [1.82, 2.24) is 16.0 Å². The second-order valence-electron chi connectivity index (χ2n) is 21.9. The summed E-state index contributed by atoms with van der Waals surface area (Å²) in [5, 5.41) is 8.49. The van der Waals surface area contributed by atoms with Crippen LogP contribution in [0.4, 0.5) is 0 Å². The number of esters is 2. The highest BCUT2D eigenvalue weighted by Gasteiger charge is 2.40. The molecule has 0 heterocycles. The van der Waals surface area contributed by atoms with Crippen molar-refractivity contribution >= 4 is 61.3 Å². The molecule has 0 aliphatic rings. The maximum Gasteiger partial charge on any atom is 0.329 e. The second-order valence-corrected chi connectivity index (χ2v) is 30.0. The van der Waals surface area contributed by atoms with Crippen molar-refractivity contribution in [3.05, 3.63) is 239 Å². The summed E-state index contributed by atoms with van der Waals surface area (Å²) in [6, 6.07) is 58.7. The summed E-state index contributed by atoms with van der Waals surface area (Å²) >= 11 is 3.27. The average Bonchev–Trinajstić information content (AvgIpc) is 3.52. The molecular weight excluding hydrogens is 1060 g/mol. The summed E-state index contributed by atoms with van der Waals surface area (Å²) in [4.78, 5) is 70.6. The van der Waals surface area contributed by atoms with Crippen LogP contribution in [0.1, 0.15) is 80.8 Å². The number of benzene rings is 6. The van der Waals surface area contributed by atoms with E-state index in [0.717, 1.165) is 39.4 Å². The maximum atomic E-state index is 14.7. The van der Waals surface area contributed by atoms with Crippen molar-refractivity contribution < 1.29 is 33.4 Å². The highest BCUT2D eigenvalue weighted by Crippen LogP contribution is 2.50. The fraction of sp³-hybridized carbons (Fsp3) is 0.328. The highest BCUT2D eigenvalue weighted by molar-refractivity contribution is 8.00. The minimum absolute atomic E-state index is 0.0583. The Morgan fingerprint density at radius 1 is 0.593 bits per heavy atom. The van der Waals surface area contributed by atoms with Crippen molar-refractivity contribution in [3.8, 4) is 0 Å². The van der Waals surface area contributed by atoms with E-state index in [-0.39, 0.29) is 30.4 Å². The van der Waals surface area contributed by atoms with Gasteiger partial charge in [-0.15, -0.1) is 23.5 Å². The third kappa shape index (κ3) is 17.5. The molecule has 0 saturated heterocycles. The fourth-order valence-electron chi connectivity index (χ4n) is 9.29. The highest BCUT2D eigenvalue weighted by atomic mass is 32.2. The smallest absolute Gasteiger partial charge is 0.329 e. The lowest BCUT2D eigenvalue weighted by Crippen LogP contribution is -2.55. The Balaban J connectivity index is 1.22. The number of nitrogens with two attached hydrogens (primary N) is 1. The van der Waals surface area contributed by atoms with Crippen LogP contribution in [0.5, 0.6) is 0 Å². The third-order valence-corrected chi connectivity index (χ3v) is 18.8. The van der Waals surface area contributed by atoms with Gasteiger partial charge in [-0.3, -0.25) is 19.2 Å². The molecule has 0 bridgehead atoms. The molecule has 0 aliphatic carbocycles. The molecule has 0 aromatic heterocycles. The van der Waals surface area contributed by atoms with Gasteiger partial charge in [-0.05, 0) is 76.4 Å². The van der Waals surface area contributed by atoms with Gasteiger partial charge in [0.15, 0.2) is 0 Å². The summed E-state index contributed by atoms with van der Waals surface area (Å²) in [7, 11) is -1.52. The topological polar surface area (TPSA) is 166 Å². The number of hydrogen-bond donors (Lipinski definition) is 4. The average molecular weight is 1150 g/mol. The van der Waals surface area contributed by atoms with Crippen molar-refractivity contribution in [2.75, 3.05) is 18.1 Å². The van der Waals surface area contributed by atoms with Gasteiger partial charge in [0.05, 0.1) is 28.6 Å². The van der Waals surface area contributed by atoms with Crippen LogP contribution in [0.15, 0.2) is 206 Å². The third-order valence-electron chi connectivity index (χ3n) is 13.9. The first-order chi connectivity index (χ1) is 38.9. The molecule has 4 atom stereocenters. The Labute approximate surface area is 489 Å². The van der Waals surface area contributed by atoms with E-state index in [1.54, 1.807) is 38.6 Å². The molecule has 0 radical (unpaired) electrons. The molecule has 5 N–H and O–H groups in total. The molecule has 6 rings (SSSR count). The second kappa shape index (κ2) is 30.7. The van der Waals surface area contributed by atoms with Crippen LogP contribution in [0.3, 0.4) is 0 Å². The lowest BCUT2D eigenvalue weighted by atomic mass is 9.84. The number of allylic oxidation sites excluding steroid dienone is 2. The monoisotopic (exact) mass is 1140 g/mol. The Bertz CT molecular complexity index is 2800. The number of hydrogen-bond acceptors (Lipinski definition) is 10. The molecule has 1 unspecified atom stereocenters. The van der Waals surface area contributed by atoms with Gasteiger partial charge >= 0.3 is 11.9 Å². The lowest BCUT2D eigenvalue weighted by molar-refractivity contribution is -0.156. The molecule has 0 fully saturated rings. The SMILES string of the molecule is C/C=C(/NC(=O)[C@@H](CSC(c1ccccc1)(c1ccccc1)c1ccccc1)NC(=O)[C@H](N)C(C)C)C(=O)N[C@H](C(=O)OC(/C=C/CCSC(c1ccccc1)(c1ccccc1)c1ccccc1)CC(=O)OCC[Si](C)(C)C)C(C)C. The summed E-state index contributed by atoms with van der Waals surface area (Å²) < 4.78 is 10.4. The zero-order valence-electron chi connectivity index (χ0n) is 48.0. The van der Waals surface area contributed by atoms with Gasteiger partial charge in [0.1, 0.15) is 23.9 Å². The number of ether oxygens (including phenoxy) is 2. The Kier molecular flexibility index (Phi) is 24.0. The first-order valence-corrected chi connectivity index (χ1v) is 33.5. The molecule has 3 amide bonds. The predicted molar refractivity (Wildman–Crippen MR) is 334 cm³/mol. The van der Waals surface area contributed by atoms with Crippen molar-refractivity contribution in [2.45, 2.75) is 107 Å². The standard InChI is InChI=1S/C67H80N4O7S2Si/c1-9-57(69-63(74)58(70-64(75)60(68)48(2)3)47-80-67(53-36-22-13-23-37-53,54-38-24-14-25-39-54)55-40-26-15-27-41-55)62(73)71-61(49(4)5)65(76)78-56(46-59(72)77-43-45-81(6,7)8)42-28-29-44-79-66(50-30-16-10-17-31-50,51-32-18-11-19-33-51)52-34-20-12-21-35-52/h9-28,30-42,48-49,56,58,60-61H,29,43-47,68H2,1-8H3,(H,69,74)(H,70,75)(H,71,73)/b42-28+,57-9+/t56?,58-,60-,61+/m1/s1. The van der Waals surface area contributed by atoms with Crippen LogP contribution in [-0.4, -0.2) is 80.1 Å². The molecule has 0 aliphatic heterocycles. The largest absolute Gasteiger partial charge is 0.466 e. The fourth-order valence-corrected chi connectivity index (χ4v) is 13.0. The molecule has 0 spiro atoms. The van der Waals surface area contributed by atoms with Gasteiger partial charge in [-0.2, -0.15) is 0 Å². The molecule has 14 heteroatoms. The van der Waals surface area contributed by atoms with Crippen LogP contribution in [0, 0.1) is 11.8 Å². The van der Waals surface area contributed by atoms with Crippen molar-refractivity contribution in [3.63, 3.8) is 0 Å². The molecular formula is C67H80N4O7S2Si. The van der Waals surface area contributed by atoms with Crippen LogP contribution in [0.2, 0.25) is 25.7 Å². The van der Waals surface area contributed by atoms with Gasteiger partial charge in [-0.1, -0.05) is 241 Å². The number of carbonyl (C=O) groups is 5. The van der Waals surface area contributed by atoms with Gasteiger partial charge in [0.25, 0.3) is 5.91 Å². The minimum atomic E-state index is -1.52. The lowest BCUT2D eigenvalue weighted by Gasteiger charge is -2.36. The van der Waals surface area contributed by atoms with Crippen molar-refractivity contribution in [2.24, 2.45) is 17.6 Å². The van der Waals surface area contributed by atoms with Crippen LogP contribution < -0.4 is 21.7 Å². The zero-order valence-corrected chi connectivity index (χ0v) is 50.6. The van der Waals surface area contributed by atoms with Gasteiger partial charge in [0.2, 0.25) is 11.8 Å². The summed E-state index contributed by atoms with van der Waals surface area (Å²) in [6.45, 7) is 15.7. The van der Waals surface area contributed by atoms with Crippen molar-refractivity contribution in [1.29, 1.82) is 0 Å².